The molecule has 0 saturated carbocycles. The molecule has 0 fully saturated rings. The van der Waals surface area contributed by atoms with Crippen molar-refractivity contribution in [1.29, 1.82) is 0 Å². The lowest BCUT2D eigenvalue weighted by atomic mass is 9.63. The van der Waals surface area contributed by atoms with Gasteiger partial charge in [0.1, 0.15) is 6.61 Å². The van der Waals surface area contributed by atoms with Crippen LogP contribution in [0.4, 0.5) is 5.69 Å². The van der Waals surface area contributed by atoms with Gasteiger partial charge in [0.15, 0.2) is 0 Å². The zero-order chi connectivity index (χ0) is 24.9. The highest BCUT2D eigenvalue weighted by Gasteiger charge is 2.37. The van der Waals surface area contributed by atoms with Crippen LogP contribution in [0.15, 0.2) is 42.5 Å². The number of anilines is 1. The van der Waals surface area contributed by atoms with Crippen molar-refractivity contribution in [2.24, 2.45) is 0 Å². The quantitative estimate of drug-likeness (QED) is 0.407. The Morgan fingerprint density at radius 2 is 1.50 bits per heavy atom. The van der Waals surface area contributed by atoms with Crippen molar-refractivity contribution >= 4 is 23.5 Å². The molecular weight excluding hydrogens is 428 g/mol. The third kappa shape index (κ3) is 6.04. The van der Waals surface area contributed by atoms with E-state index in [1.807, 2.05) is 13.0 Å². The van der Waals surface area contributed by atoms with Crippen molar-refractivity contribution in [2.75, 3.05) is 18.5 Å². The van der Waals surface area contributed by atoms with E-state index in [0.717, 1.165) is 24.9 Å². The minimum atomic E-state index is -0.490. The fourth-order valence-corrected chi connectivity index (χ4v) is 4.36. The van der Waals surface area contributed by atoms with Crippen molar-refractivity contribution in [3.05, 3.63) is 64.7 Å². The van der Waals surface area contributed by atoms with Crippen LogP contribution in [-0.2, 0) is 20.4 Å². The molecule has 2 aromatic carbocycles. The fourth-order valence-electron chi connectivity index (χ4n) is 4.36. The molecule has 0 aromatic heterocycles. The second-order valence-corrected chi connectivity index (χ2v) is 10.3. The highest BCUT2D eigenvalue weighted by Crippen LogP contribution is 2.46. The van der Waals surface area contributed by atoms with Crippen LogP contribution in [0.1, 0.15) is 92.1 Å². The number of carbonyl (C=O) groups is 3. The molecule has 182 valence electrons. The fraction of sp³-hybridized carbons (Fsp3) is 0.464. The van der Waals surface area contributed by atoms with Crippen molar-refractivity contribution in [3.8, 4) is 0 Å². The first kappa shape index (κ1) is 25.5. The average Bonchev–Trinajstić information content (AvgIpc) is 2.80. The van der Waals surface area contributed by atoms with E-state index in [1.165, 1.54) is 11.1 Å². The summed E-state index contributed by atoms with van der Waals surface area (Å²) in [5.74, 6) is -0.775. The Balaban J connectivity index is 1.60. The monoisotopic (exact) mass is 464 g/mol. The Morgan fingerprint density at radius 3 is 2.15 bits per heavy atom. The molecule has 3 rings (SSSR count). The Bertz CT molecular complexity index is 1050. The van der Waals surface area contributed by atoms with Gasteiger partial charge in [0, 0.05) is 17.7 Å². The van der Waals surface area contributed by atoms with Gasteiger partial charge in [-0.15, -0.1) is 0 Å². The maximum absolute atomic E-state index is 12.8. The van der Waals surface area contributed by atoms with Gasteiger partial charge in [0.2, 0.25) is 5.91 Å². The number of amides is 2. The van der Waals surface area contributed by atoms with Gasteiger partial charge >= 0.3 is 5.97 Å². The molecule has 0 spiro atoms. The Hall–Kier alpha value is -3.15. The van der Waals surface area contributed by atoms with Crippen molar-refractivity contribution in [1.82, 2.24) is 5.32 Å². The largest absolute Gasteiger partial charge is 0.460 e. The van der Waals surface area contributed by atoms with E-state index in [0.29, 0.717) is 17.5 Å². The third-order valence-corrected chi connectivity index (χ3v) is 6.63. The second-order valence-electron chi connectivity index (χ2n) is 10.3. The second kappa shape index (κ2) is 10.4. The highest BCUT2D eigenvalue weighted by molar-refractivity contribution is 6.05. The number of fused-ring (bicyclic) bond motifs is 1. The molecule has 1 aliphatic carbocycles. The number of rotatable bonds is 8. The van der Waals surface area contributed by atoms with Crippen LogP contribution in [0.5, 0.6) is 0 Å². The molecule has 6 nitrogen and oxygen atoms in total. The summed E-state index contributed by atoms with van der Waals surface area (Å²) in [6.07, 6.45) is 3.47. The van der Waals surface area contributed by atoms with Crippen molar-refractivity contribution in [2.45, 2.75) is 71.1 Å². The van der Waals surface area contributed by atoms with Gasteiger partial charge in [-0.2, -0.15) is 0 Å². The first-order valence-corrected chi connectivity index (χ1v) is 12.0. The summed E-state index contributed by atoms with van der Waals surface area (Å²) in [7, 11) is 0. The van der Waals surface area contributed by atoms with Crippen LogP contribution in [0.3, 0.4) is 0 Å². The number of nitrogens with one attached hydrogen (secondary N) is 2. The van der Waals surface area contributed by atoms with Crippen LogP contribution in [0, 0.1) is 0 Å². The number of hydrogen-bond acceptors (Lipinski definition) is 4. The topological polar surface area (TPSA) is 84.5 Å². The molecule has 0 aliphatic heterocycles. The van der Waals surface area contributed by atoms with Crippen LogP contribution < -0.4 is 10.6 Å². The summed E-state index contributed by atoms with van der Waals surface area (Å²) in [6, 6.07) is 12.6. The maximum atomic E-state index is 12.8. The molecule has 0 atom stereocenters. The van der Waals surface area contributed by atoms with Crippen molar-refractivity contribution < 1.29 is 19.1 Å². The summed E-state index contributed by atoms with van der Waals surface area (Å²) in [4.78, 5) is 36.4. The van der Waals surface area contributed by atoms with Gasteiger partial charge in [-0.1, -0.05) is 40.7 Å². The third-order valence-electron chi connectivity index (χ3n) is 6.63. The lowest BCUT2D eigenvalue weighted by molar-refractivity contribution is -0.121. The zero-order valence-corrected chi connectivity index (χ0v) is 20.9. The predicted molar refractivity (Wildman–Crippen MR) is 134 cm³/mol. The van der Waals surface area contributed by atoms with Gasteiger partial charge in [-0.3, -0.25) is 9.59 Å². The van der Waals surface area contributed by atoms with E-state index in [1.54, 1.807) is 24.3 Å². The smallest absolute Gasteiger partial charge is 0.338 e. The SMILES string of the molecule is CCCC(=O)NCCOC(=O)c1ccc(C(=O)Nc2ccc3c(c2)C(C)(C)CCC3(C)C)cc1. The molecule has 2 N–H and O–H groups in total. The molecule has 34 heavy (non-hydrogen) atoms. The molecular formula is C28H36N2O4. The van der Waals surface area contributed by atoms with Gasteiger partial charge in [0.25, 0.3) is 5.91 Å². The summed E-state index contributed by atoms with van der Waals surface area (Å²) >= 11 is 0. The lowest BCUT2D eigenvalue weighted by Gasteiger charge is -2.42. The Morgan fingerprint density at radius 1 is 0.882 bits per heavy atom. The Kier molecular flexibility index (Phi) is 7.80. The van der Waals surface area contributed by atoms with E-state index in [9.17, 15) is 14.4 Å². The summed E-state index contributed by atoms with van der Waals surface area (Å²) in [5, 5.41) is 5.69. The van der Waals surface area contributed by atoms with Gasteiger partial charge in [-0.05, 0) is 77.6 Å². The molecule has 0 radical (unpaired) electrons. The molecule has 0 saturated heterocycles. The minimum absolute atomic E-state index is 0.0554. The molecule has 2 amide bonds. The van der Waals surface area contributed by atoms with Crippen LogP contribution >= 0.6 is 0 Å². The van der Waals surface area contributed by atoms with Crippen LogP contribution in [0.25, 0.3) is 0 Å². The van der Waals surface area contributed by atoms with Gasteiger partial charge in [-0.25, -0.2) is 4.79 Å². The normalized spacial score (nSPS) is 15.7. The minimum Gasteiger partial charge on any atom is -0.460 e. The molecule has 0 heterocycles. The van der Waals surface area contributed by atoms with E-state index >= 15 is 0 Å². The molecule has 6 heteroatoms. The Labute approximate surface area is 202 Å². The first-order chi connectivity index (χ1) is 16.0. The van der Waals surface area contributed by atoms with Crippen molar-refractivity contribution in [3.63, 3.8) is 0 Å². The van der Waals surface area contributed by atoms with Crippen LogP contribution in [-0.4, -0.2) is 30.9 Å². The summed E-state index contributed by atoms with van der Waals surface area (Å²) < 4.78 is 5.19. The van der Waals surface area contributed by atoms with Gasteiger partial charge < -0.3 is 15.4 Å². The van der Waals surface area contributed by atoms with E-state index < -0.39 is 5.97 Å². The molecule has 0 unspecified atom stereocenters. The van der Waals surface area contributed by atoms with Crippen LogP contribution in [0.2, 0.25) is 0 Å². The lowest BCUT2D eigenvalue weighted by Crippen LogP contribution is -2.33. The average molecular weight is 465 g/mol. The first-order valence-electron chi connectivity index (χ1n) is 12.0. The number of ether oxygens (including phenoxy) is 1. The highest BCUT2D eigenvalue weighted by atomic mass is 16.5. The predicted octanol–water partition coefficient (Wildman–Crippen LogP) is 5.36. The van der Waals surface area contributed by atoms with E-state index in [2.05, 4.69) is 50.5 Å². The molecule has 0 bridgehead atoms. The zero-order valence-electron chi connectivity index (χ0n) is 20.9. The number of benzene rings is 2. The molecule has 1 aliphatic rings. The number of carbonyl (C=O) groups excluding carboxylic acids is 3. The summed E-state index contributed by atoms with van der Waals surface area (Å²) in [5.41, 5.74) is 4.39. The van der Waals surface area contributed by atoms with E-state index in [4.69, 9.17) is 4.74 Å². The molecule has 2 aromatic rings. The van der Waals surface area contributed by atoms with E-state index in [-0.39, 0.29) is 35.8 Å². The standard InChI is InChI=1S/C28H36N2O4/c1-6-7-24(31)29-16-17-34-26(33)20-10-8-19(9-11-20)25(32)30-21-12-13-22-23(18-21)28(4,5)15-14-27(22,2)3/h8-13,18H,6-7,14-17H2,1-5H3,(H,29,31)(H,30,32). The number of hydrogen-bond donors (Lipinski definition) is 2. The number of esters is 1. The maximum Gasteiger partial charge on any atom is 0.338 e. The summed E-state index contributed by atoms with van der Waals surface area (Å²) in [6.45, 7) is 11.4. The van der Waals surface area contributed by atoms with Gasteiger partial charge in [0.05, 0.1) is 12.1 Å².